The van der Waals surface area contributed by atoms with Gasteiger partial charge in [0.2, 0.25) is 0 Å². The number of nitrogens with zero attached hydrogens (tertiary/aromatic N) is 2. The lowest BCUT2D eigenvalue weighted by atomic mass is 10.2. The number of aryl methyl sites for hydroxylation is 2. The number of carbonyl (C=O) groups is 1. The standard InChI is InChI=1S/C24H21N3O5/c1-26-19-13-18(25-22(28)15-7-5-4-6-8-15)21(14-20(19)27(2)24(30)23(26)29)32-17-11-9-16(31-3)10-12-17/h4-14H,1-3H3,(H,25,28). The number of benzene rings is 3. The number of ether oxygens (including phenoxy) is 2. The predicted octanol–water partition coefficient (Wildman–Crippen LogP) is 3.29. The molecule has 1 amide bonds. The molecular weight excluding hydrogens is 410 g/mol. The quantitative estimate of drug-likeness (QED) is 0.490. The molecule has 1 heterocycles. The van der Waals surface area contributed by atoms with Gasteiger partial charge in [-0.3, -0.25) is 14.4 Å². The number of carbonyl (C=O) groups excluding carboxylic acids is 1. The second-order valence-corrected chi connectivity index (χ2v) is 7.16. The lowest BCUT2D eigenvalue weighted by Crippen LogP contribution is -2.39. The van der Waals surface area contributed by atoms with E-state index in [1.165, 1.54) is 23.2 Å². The van der Waals surface area contributed by atoms with Crippen molar-refractivity contribution in [2.24, 2.45) is 14.1 Å². The predicted molar refractivity (Wildman–Crippen MR) is 122 cm³/mol. The monoisotopic (exact) mass is 431 g/mol. The Morgan fingerprint density at radius 3 is 1.97 bits per heavy atom. The van der Waals surface area contributed by atoms with Crippen LogP contribution in [0.4, 0.5) is 5.69 Å². The number of hydrogen-bond acceptors (Lipinski definition) is 5. The average Bonchev–Trinajstić information content (AvgIpc) is 2.83. The Bertz CT molecular complexity index is 1420. The minimum atomic E-state index is -0.663. The van der Waals surface area contributed by atoms with Gasteiger partial charge in [-0.05, 0) is 42.5 Å². The summed E-state index contributed by atoms with van der Waals surface area (Å²) in [6.45, 7) is 0. The summed E-state index contributed by atoms with van der Waals surface area (Å²) in [5.41, 5.74) is 0.467. The van der Waals surface area contributed by atoms with Crippen LogP contribution in [0.5, 0.6) is 17.2 Å². The number of anilines is 1. The molecule has 0 atom stereocenters. The maximum Gasteiger partial charge on any atom is 0.316 e. The lowest BCUT2D eigenvalue weighted by molar-refractivity contribution is 0.102. The minimum Gasteiger partial charge on any atom is -0.497 e. The molecule has 8 nitrogen and oxygen atoms in total. The van der Waals surface area contributed by atoms with Crippen LogP contribution in [0, 0.1) is 0 Å². The molecule has 0 aliphatic rings. The SMILES string of the molecule is COc1ccc(Oc2cc3c(cc2NC(=O)c2ccccc2)n(C)c(=O)c(=O)n3C)cc1. The second kappa shape index (κ2) is 8.43. The molecule has 0 bridgehead atoms. The number of hydrogen-bond donors (Lipinski definition) is 1. The first-order chi connectivity index (χ1) is 15.4. The van der Waals surface area contributed by atoms with Crippen molar-refractivity contribution in [1.29, 1.82) is 0 Å². The molecule has 0 aliphatic carbocycles. The van der Waals surface area contributed by atoms with E-state index in [0.29, 0.717) is 39.5 Å². The lowest BCUT2D eigenvalue weighted by Gasteiger charge is -2.16. The third-order valence-corrected chi connectivity index (χ3v) is 5.16. The normalized spacial score (nSPS) is 10.7. The summed E-state index contributed by atoms with van der Waals surface area (Å²) in [6.07, 6.45) is 0. The largest absolute Gasteiger partial charge is 0.497 e. The zero-order valence-corrected chi connectivity index (χ0v) is 17.8. The Hall–Kier alpha value is -4.33. The van der Waals surface area contributed by atoms with Crippen LogP contribution in [-0.4, -0.2) is 22.2 Å². The maximum atomic E-state index is 12.8. The Morgan fingerprint density at radius 2 is 1.38 bits per heavy atom. The fraction of sp³-hybridized carbons (Fsp3) is 0.125. The first-order valence-electron chi connectivity index (χ1n) is 9.81. The van der Waals surface area contributed by atoms with E-state index in [0.717, 1.165) is 0 Å². The molecule has 162 valence electrons. The van der Waals surface area contributed by atoms with Gasteiger partial charge in [-0.15, -0.1) is 0 Å². The van der Waals surface area contributed by atoms with Crippen LogP contribution >= 0.6 is 0 Å². The van der Waals surface area contributed by atoms with Gasteiger partial charge in [0.05, 0.1) is 23.8 Å². The average molecular weight is 431 g/mol. The van der Waals surface area contributed by atoms with Crippen molar-refractivity contribution in [3.8, 4) is 17.2 Å². The van der Waals surface area contributed by atoms with Crippen molar-refractivity contribution in [2.45, 2.75) is 0 Å². The van der Waals surface area contributed by atoms with E-state index in [4.69, 9.17) is 9.47 Å². The van der Waals surface area contributed by atoms with E-state index in [1.54, 1.807) is 67.8 Å². The number of fused-ring (bicyclic) bond motifs is 1. The Kier molecular flexibility index (Phi) is 5.51. The van der Waals surface area contributed by atoms with Crippen molar-refractivity contribution in [3.63, 3.8) is 0 Å². The summed E-state index contributed by atoms with van der Waals surface area (Å²) in [6, 6.07) is 18.9. The van der Waals surface area contributed by atoms with Crippen LogP contribution in [-0.2, 0) is 14.1 Å². The molecule has 0 aliphatic heterocycles. The minimum absolute atomic E-state index is 0.320. The molecule has 3 aromatic carbocycles. The van der Waals surface area contributed by atoms with Gasteiger partial charge in [-0.1, -0.05) is 18.2 Å². The van der Waals surface area contributed by atoms with Gasteiger partial charge >= 0.3 is 11.1 Å². The molecule has 0 saturated heterocycles. The summed E-state index contributed by atoms with van der Waals surface area (Å²) in [5, 5.41) is 2.85. The highest BCUT2D eigenvalue weighted by atomic mass is 16.5. The van der Waals surface area contributed by atoms with Crippen LogP contribution in [0.3, 0.4) is 0 Å². The fourth-order valence-corrected chi connectivity index (χ4v) is 3.34. The van der Waals surface area contributed by atoms with E-state index >= 15 is 0 Å². The van der Waals surface area contributed by atoms with E-state index < -0.39 is 11.1 Å². The zero-order valence-electron chi connectivity index (χ0n) is 17.8. The van der Waals surface area contributed by atoms with Gasteiger partial charge in [0, 0.05) is 25.7 Å². The summed E-state index contributed by atoms with van der Waals surface area (Å²) in [7, 11) is 4.60. The Labute approximate surface area is 183 Å². The van der Waals surface area contributed by atoms with Gasteiger partial charge in [0.1, 0.15) is 11.5 Å². The van der Waals surface area contributed by atoms with Crippen LogP contribution in [0.25, 0.3) is 11.0 Å². The smallest absolute Gasteiger partial charge is 0.316 e. The van der Waals surface area contributed by atoms with Crippen LogP contribution in [0.2, 0.25) is 0 Å². The molecule has 0 fully saturated rings. The highest BCUT2D eigenvalue weighted by Crippen LogP contribution is 2.34. The van der Waals surface area contributed by atoms with Crippen molar-refractivity contribution in [1.82, 2.24) is 9.13 Å². The highest BCUT2D eigenvalue weighted by Gasteiger charge is 2.16. The number of methoxy groups -OCH3 is 1. The first-order valence-corrected chi connectivity index (χ1v) is 9.81. The topological polar surface area (TPSA) is 91.6 Å². The molecule has 0 saturated carbocycles. The first kappa shape index (κ1) is 20.9. The molecule has 0 unspecified atom stereocenters. The van der Waals surface area contributed by atoms with E-state index in [2.05, 4.69) is 5.32 Å². The molecular formula is C24H21N3O5. The number of aromatic nitrogens is 2. The van der Waals surface area contributed by atoms with E-state index in [9.17, 15) is 14.4 Å². The van der Waals surface area contributed by atoms with Crippen molar-refractivity contribution >= 4 is 22.6 Å². The number of rotatable bonds is 5. The molecule has 4 aromatic rings. The van der Waals surface area contributed by atoms with Crippen LogP contribution < -0.4 is 25.9 Å². The van der Waals surface area contributed by atoms with Gasteiger partial charge in [0.25, 0.3) is 5.91 Å². The zero-order chi connectivity index (χ0) is 22.8. The van der Waals surface area contributed by atoms with Crippen molar-refractivity contribution < 1.29 is 14.3 Å². The van der Waals surface area contributed by atoms with Gasteiger partial charge in [-0.25, -0.2) is 0 Å². The molecule has 4 rings (SSSR count). The number of amides is 1. The summed E-state index contributed by atoms with van der Waals surface area (Å²) >= 11 is 0. The molecule has 32 heavy (non-hydrogen) atoms. The summed E-state index contributed by atoms with van der Waals surface area (Å²) < 4.78 is 13.7. The van der Waals surface area contributed by atoms with Gasteiger partial charge in [0.15, 0.2) is 5.75 Å². The van der Waals surface area contributed by atoms with Crippen LogP contribution in [0.15, 0.2) is 76.3 Å². The molecule has 1 N–H and O–H groups in total. The second-order valence-electron chi connectivity index (χ2n) is 7.16. The fourth-order valence-electron chi connectivity index (χ4n) is 3.34. The molecule has 8 heteroatoms. The van der Waals surface area contributed by atoms with Crippen molar-refractivity contribution in [2.75, 3.05) is 12.4 Å². The van der Waals surface area contributed by atoms with Gasteiger partial charge in [-0.2, -0.15) is 0 Å². The van der Waals surface area contributed by atoms with Crippen molar-refractivity contribution in [3.05, 3.63) is 93.0 Å². The number of nitrogens with one attached hydrogen (secondary N) is 1. The third-order valence-electron chi connectivity index (χ3n) is 5.16. The van der Waals surface area contributed by atoms with Crippen LogP contribution in [0.1, 0.15) is 10.4 Å². The van der Waals surface area contributed by atoms with E-state index in [1.807, 2.05) is 6.07 Å². The van der Waals surface area contributed by atoms with Gasteiger partial charge < -0.3 is 23.9 Å². The molecule has 0 radical (unpaired) electrons. The third kappa shape index (κ3) is 3.85. The Balaban J connectivity index is 1.86. The van der Waals surface area contributed by atoms with E-state index in [-0.39, 0.29) is 5.91 Å². The summed E-state index contributed by atoms with van der Waals surface area (Å²) in [4.78, 5) is 37.4. The maximum absolute atomic E-state index is 12.8. The molecule has 1 aromatic heterocycles. The Morgan fingerprint density at radius 1 is 0.812 bits per heavy atom. The highest BCUT2D eigenvalue weighted by molar-refractivity contribution is 6.06. The summed E-state index contributed by atoms with van der Waals surface area (Å²) in [5.74, 6) is 1.17. The molecule has 0 spiro atoms.